The lowest BCUT2D eigenvalue weighted by Gasteiger charge is -2.06. The zero-order chi connectivity index (χ0) is 20.4. The van der Waals surface area contributed by atoms with Crippen molar-refractivity contribution < 1.29 is 14.1 Å². The average molecular weight is 387 g/mol. The van der Waals surface area contributed by atoms with Crippen LogP contribution in [0.15, 0.2) is 77.2 Å². The molecule has 4 rings (SSSR count). The Morgan fingerprint density at radius 1 is 0.966 bits per heavy atom. The zero-order valence-electron chi connectivity index (χ0n) is 15.3. The first kappa shape index (κ1) is 18.2. The molecule has 1 aromatic heterocycles. The molecule has 0 atom stereocenters. The van der Waals surface area contributed by atoms with Crippen molar-refractivity contribution in [2.24, 2.45) is 5.73 Å². The Morgan fingerprint density at radius 3 is 2.31 bits per heavy atom. The molecule has 29 heavy (non-hydrogen) atoms. The Bertz CT molecular complexity index is 1200. The summed E-state index contributed by atoms with van der Waals surface area (Å²) in [5.41, 5.74) is 9.50. The number of hydrogen-bond acceptors (Lipinski definition) is 4. The number of nitrogens with one attached hydrogen (secondary N) is 1. The summed E-state index contributed by atoms with van der Waals surface area (Å²) in [5, 5.41) is 14.8. The molecule has 0 radical (unpaired) electrons. The predicted molar refractivity (Wildman–Crippen MR) is 110 cm³/mol. The fraction of sp³-hybridized carbons (Fsp3) is 0.0455. The molecule has 7 nitrogen and oxygen atoms in total. The average Bonchev–Trinajstić information content (AvgIpc) is 3.12. The lowest BCUT2D eigenvalue weighted by atomic mass is 9.99. The van der Waals surface area contributed by atoms with Gasteiger partial charge in [-0.05, 0) is 34.4 Å². The van der Waals surface area contributed by atoms with Crippen LogP contribution in [-0.4, -0.2) is 11.0 Å². The van der Waals surface area contributed by atoms with Crippen LogP contribution in [0.5, 0.6) is 0 Å². The van der Waals surface area contributed by atoms with E-state index in [9.17, 15) is 14.9 Å². The first-order valence-electron chi connectivity index (χ1n) is 8.92. The van der Waals surface area contributed by atoms with Gasteiger partial charge in [0, 0.05) is 11.9 Å². The van der Waals surface area contributed by atoms with E-state index in [1.54, 1.807) is 6.07 Å². The molecular weight excluding hydrogens is 370 g/mol. The van der Waals surface area contributed by atoms with Crippen molar-refractivity contribution in [2.75, 3.05) is 0 Å². The summed E-state index contributed by atoms with van der Waals surface area (Å²) in [6.45, 7) is 0.348. The smallest absolute Gasteiger partial charge is 0.400 e. The van der Waals surface area contributed by atoms with Gasteiger partial charge in [-0.15, -0.1) is 0 Å². The Labute approximate surface area is 165 Å². The van der Waals surface area contributed by atoms with Crippen LogP contribution in [-0.2, 0) is 6.54 Å². The van der Waals surface area contributed by atoms with E-state index in [4.69, 9.17) is 10.2 Å². The molecule has 0 saturated carbocycles. The number of benzene rings is 3. The normalized spacial score (nSPS) is 10.8. The third kappa shape index (κ3) is 3.66. The maximum atomic E-state index is 11.5. The van der Waals surface area contributed by atoms with Gasteiger partial charge in [-0.1, -0.05) is 60.7 Å². The highest BCUT2D eigenvalue weighted by molar-refractivity contribution is 6.00. The van der Waals surface area contributed by atoms with Gasteiger partial charge in [-0.2, -0.15) is 0 Å². The van der Waals surface area contributed by atoms with E-state index in [0.717, 1.165) is 22.3 Å². The number of furan rings is 1. The monoisotopic (exact) mass is 387 g/mol. The van der Waals surface area contributed by atoms with Crippen molar-refractivity contribution in [2.45, 2.75) is 6.54 Å². The third-order valence-corrected chi connectivity index (χ3v) is 4.65. The molecule has 0 aliphatic heterocycles. The van der Waals surface area contributed by atoms with Crippen molar-refractivity contribution in [1.29, 1.82) is 0 Å². The molecule has 3 aromatic carbocycles. The number of amides is 2. The molecule has 0 spiro atoms. The van der Waals surface area contributed by atoms with Gasteiger partial charge in [-0.3, -0.25) is 10.1 Å². The van der Waals surface area contributed by atoms with Crippen molar-refractivity contribution >= 4 is 22.9 Å². The van der Waals surface area contributed by atoms with Crippen molar-refractivity contribution in [3.05, 3.63) is 88.5 Å². The summed E-state index contributed by atoms with van der Waals surface area (Å²) >= 11 is 0. The zero-order valence-corrected chi connectivity index (χ0v) is 15.3. The number of nitrogens with two attached hydrogens (primary N) is 1. The van der Waals surface area contributed by atoms with Crippen LogP contribution in [0.3, 0.4) is 0 Å². The lowest BCUT2D eigenvalue weighted by molar-refractivity contribution is -0.400. The summed E-state index contributed by atoms with van der Waals surface area (Å²) in [4.78, 5) is 21.9. The van der Waals surface area contributed by atoms with E-state index in [0.29, 0.717) is 23.1 Å². The van der Waals surface area contributed by atoms with E-state index in [2.05, 4.69) is 5.32 Å². The van der Waals surface area contributed by atoms with Gasteiger partial charge in [0.2, 0.25) is 0 Å². The summed E-state index contributed by atoms with van der Waals surface area (Å²) in [6, 6.07) is 21.7. The molecule has 2 amide bonds. The topological polar surface area (TPSA) is 111 Å². The lowest BCUT2D eigenvalue weighted by Crippen LogP contribution is -2.28. The molecule has 0 fully saturated rings. The van der Waals surface area contributed by atoms with Gasteiger partial charge in [0.25, 0.3) is 0 Å². The molecule has 0 unspecified atom stereocenters. The maximum absolute atomic E-state index is 11.5. The first-order valence-corrected chi connectivity index (χ1v) is 8.92. The van der Waals surface area contributed by atoms with Crippen LogP contribution in [0, 0.1) is 10.1 Å². The number of primary amides is 1. The number of rotatable bonds is 5. The van der Waals surface area contributed by atoms with E-state index in [1.165, 1.54) is 0 Å². The molecular formula is C22H17N3O4. The molecule has 1 heterocycles. The van der Waals surface area contributed by atoms with E-state index in [-0.39, 0.29) is 5.88 Å². The Morgan fingerprint density at radius 2 is 1.66 bits per heavy atom. The first-order chi connectivity index (χ1) is 14.0. The molecule has 0 bridgehead atoms. The number of hydrogen-bond donors (Lipinski definition) is 2. The van der Waals surface area contributed by atoms with Crippen molar-refractivity contribution in [3.8, 4) is 22.3 Å². The Kier molecular flexibility index (Phi) is 4.70. The fourth-order valence-electron chi connectivity index (χ4n) is 3.28. The number of nitro groups is 1. The molecule has 3 N–H and O–H groups in total. The largest absolute Gasteiger partial charge is 0.442 e. The second kappa shape index (κ2) is 7.47. The van der Waals surface area contributed by atoms with E-state index >= 15 is 0 Å². The predicted octanol–water partition coefficient (Wildman–Crippen LogP) is 4.84. The highest BCUT2D eigenvalue weighted by Crippen LogP contribution is 2.41. The van der Waals surface area contributed by atoms with Crippen molar-refractivity contribution in [3.63, 3.8) is 0 Å². The van der Waals surface area contributed by atoms with Gasteiger partial charge in [0.05, 0.1) is 0 Å². The van der Waals surface area contributed by atoms with Crippen LogP contribution < -0.4 is 11.1 Å². The highest BCUT2D eigenvalue weighted by Gasteiger charge is 2.25. The molecule has 0 saturated heterocycles. The summed E-state index contributed by atoms with van der Waals surface area (Å²) < 4.78 is 5.53. The number of urea groups is 1. The van der Waals surface area contributed by atoms with Gasteiger partial charge >= 0.3 is 11.9 Å². The fourth-order valence-corrected chi connectivity index (χ4v) is 3.28. The van der Waals surface area contributed by atoms with Crippen molar-refractivity contribution in [1.82, 2.24) is 5.32 Å². The molecule has 7 heteroatoms. The summed E-state index contributed by atoms with van der Waals surface area (Å²) in [5.74, 6) is -0.267. The molecule has 0 aliphatic rings. The maximum Gasteiger partial charge on any atom is 0.442 e. The van der Waals surface area contributed by atoms with Gasteiger partial charge in [-0.25, -0.2) is 4.79 Å². The van der Waals surface area contributed by atoms with Gasteiger partial charge in [0.1, 0.15) is 16.1 Å². The van der Waals surface area contributed by atoms with Crippen LogP contribution in [0.25, 0.3) is 33.2 Å². The van der Waals surface area contributed by atoms with Crippen LogP contribution in [0.4, 0.5) is 10.7 Å². The molecule has 4 aromatic rings. The number of fused-ring (bicyclic) bond motifs is 1. The minimum atomic E-state index is -0.575. The van der Waals surface area contributed by atoms with E-state index < -0.39 is 11.0 Å². The quantitative estimate of drug-likeness (QED) is 0.377. The second-order valence-corrected chi connectivity index (χ2v) is 6.53. The number of carbonyl (C=O) groups excluding carboxylic acids is 1. The molecule has 0 aliphatic carbocycles. The Balaban J connectivity index is 1.78. The van der Waals surface area contributed by atoms with E-state index in [1.807, 2.05) is 66.7 Å². The Hall–Kier alpha value is -4.13. The summed E-state index contributed by atoms with van der Waals surface area (Å²) in [7, 11) is 0. The molecule has 144 valence electrons. The minimum absolute atomic E-state index is 0.267. The van der Waals surface area contributed by atoms with Gasteiger partial charge in [0.15, 0.2) is 0 Å². The number of carbonyl (C=O) groups is 1. The summed E-state index contributed by atoms with van der Waals surface area (Å²) in [6.07, 6.45) is 0. The highest BCUT2D eigenvalue weighted by atomic mass is 16.6. The van der Waals surface area contributed by atoms with Crippen LogP contribution >= 0.6 is 0 Å². The van der Waals surface area contributed by atoms with Gasteiger partial charge < -0.3 is 15.5 Å². The minimum Gasteiger partial charge on any atom is -0.400 e. The standard InChI is InChI=1S/C22H17N3O4/c23-22(26)24-13-14-6-8-15(9-7-14)17-10-11-19-18(12-17)20(21(29-19)25(27)28)16-4-2-1-3-5-16/h1-12H,13H2,(H3,23,24,26). The SMILES string of the molecule is NC(=O)NCc1ccc(-c2ccc3oc([N+](=O)[O-])c(-c4ccccc4)c3c2)cc1. The number of nitrogens with zero attached hydrogens (tertiary/aromatic N) is 1. The second-order valence-electron chi connectivity index (χ2n) is 6.53. The third-order valence-electron chi connectivity index (χ3n) is 4.65. The van der Waals surface area contributed by atoms with Crippen LogP contribution in [0.1, 0.15) is 5.56 Å². The van der Waals surface area contributed by atoms with Crippen LogP contribution in [0.2, 0.25) is 0 Å².